The summed E-state index contributed by atoms with van der Waals surface area (Å²) < 4.78 is 11.2. The molecule has 2 aromatic heterocycles. The molecule has 4 heterocycles. The van der Waals surface area contributed by atoms with Crippen molar-refractivity contribution >= 4 is 34.4 Å². The van der Waals surface area contributed by atoms with Crippen molar-refractivity contribution in [1.29, 1.82) is 0 Å². The molecule has 2 aliphatic heterocycles. The number of amides is 2. The summed E-state index contributed by atoms with van der Waals surface area (Å²) in [5.41, 5.74) is 8.77. The summed E-state index contributed by atoms with van der Waals surface area (Å²) in [6.45, 7) is 2.76. The molecule has 2 fully saturated rings. The van der Waals surface area contributed by atoms with Crippen LogP contribution in [-0.2, 0) is 14.4 Å². The molecule has 0 spiro atoms. The van der Waals surface area contributed by atoms with Crippen molar-refractivity contribution < 1.29 is 28.7 Å². The van der Waals surface area contributed by atoms with Gasteiger partial charge in [0.05, 0.1) is 24.4 Å². The van der Waals surface area contributed by atoms with Crippen molar-refractivity contribution in [3.05, 3.63) is 72.3 Å². The number of hydrogen-bond acceptors (Lipinski definition) is 13. The van der Waals surface area contributed by atoms with E-state index >= 15 is 0 Å². The lowest BCUT2D eigenvalue weighted by atomic mass is 9.89. The van der Waals surface area contributed by atoms with Gasteiger partial charge in [-0.1, -0.05) is 17.2 Å². The molecule has 2 saturated heterocycles. The van der Waals surface area contributed by atoms with Crippen LogP contribution in [-0.4, -0.2) is 105 Å². The molecule has 16 nitrogen and oxygen atoms in total. The van der Waals surface area contributed by atoms with Gasteiger partial charge in [0.2, 0.25) is 11.8 Å². The van der Waals surface area contributed by atoms with E-state index in [1.165, 1.54) is 5.56 Å². The van der Waals surface area contributed by atoms with Crippen LogP contribution >= 0.6 is 0 Å². The summed E-state index contributed by atoms with van der Waals surface area (Å²) in [6.07, 6.45) is 1.91. The smallest absolute Gasteiger partial charge is 0.316 e. The second-order valence-corrected chi connectivity index (χ2v) is 13.1. The lowest BCUT2D eigenvalue weighted by molar-refractivity contribution is -0.136. The molecule has 3 aromatic carbocycles. The van der Waals surface area contributed by atoms with E-state index in [0.717, 1.165) is 34.9 Å². The van der Waals surface area contributed by atoms with Crippen LogP contribution in [0, 0.1) is 0 Å². The molecule has 1 atom stereocenters. The van der Waals surface area contributed by atoms with Crippen molar-refractivity contribution in [3.8, 4) is 28.5 Å². The Balaban J connectivity index is 0.899. The number of nitrogens with two attached hydrogens (primary N) is 2. The average molecular weight is 711 g/mol. The molecule has 8 N–H and O–H groups in total. The minimum absolute atomic E-state index is 0.00106. The molecule has 0 saturated carbocycles. The third-order valence-corrected chi connectivity index (χ3v) is 9.68. The number of rotatable bonds is 13. The van der Waals surface area contributed by atoms with Crippen LogP contribution in [0.1, 0.15) is 30.7 Å². The molecule has 2 amide bonds. The quantitative estimate of drug-likeness (QED) is 0.0588. The van der Waals surface area contributed by atoms with Gasteiger partial charge in [-0.25, -0.2) is 5.90 Å². The van der Waals surface area contributed by atoms with Crippen molar-refractivity contribution in [3.63, 3.8) is 0 Å². The third-order valence-electron chi connectivity index (χ3n) is 9.68. The molecule has 2 aliphatic rings. The number of ether oxygens (including phenoxy) is 1. The fraction of sp³-hybridized carbons (Fsp3) is 0.361. The molecule has 7 rings (SSSR count). The molecule has 0 unspecified atom stereocenters. The summed E-state index contributed by atoms with van der Waals surface area (Å²) in [6, 6.07) is 21.2. The highest BCUT2D eigenvalue weighted by Crippen LogP contribution is 2.32. The molecule has 16 heteroatoms. The number of β-amino-alcohol motifs (C(OH)–C–C–N with tert-alkyl or cyclic N) is 1. The van der Waals surface area contributed by atoms with E-state index < -0.39 is 11.5 Å². The predicted octanol–water partition coefficient (Wildman–Crippen LogP) is 2.66. The number of carbonyl (C=O) groups excluding carboxylic acids is 2. The standard InChI is InChI=1S/C36H42N10O6/c37-22-39-35-44-43-33(52-35)26-3-1-23(2-4-26)24-11-14-46(15-12-24)31(47)20-45-16-13-36(49,21-45)34(48)40-27-7-10-30-29(19-27)32(42-41-30)25-5-8-28(9-6-25)50-17-18-51-38/h1-10,19,24,49H,11-18,20-22,37-38H2,(H,39,44)(H,40,48)(H,41,42)/t36-/m0/s1. The van der Waals surface area contributed by atoms with Gasteiger partial charge in [0.25, 0.3) is 5.91 Å². The Morgan fingerprint density at radius 1 is 1.00 bits per heavy atom. The maximum atomic E-state index is 13.4. The highest BCUT2D eigenvalue weighted by atomic mass is 16.6. The van der Waals surface area contributed by atoms with Gasteiger partial charge < -0.3 is 40.4 Å². The zero-order valence-electron chi connectivity index (χ0n) is 28.6. The summed E-state index contributed by atoms with van der Waals surface area (Å²) in [5.74, 6) is 5.97. The van der Waals surface area contributed by atoms with Crippen LogP contribution in [0.2, 0.25) is 0 Å². The molecule has 52 heavy (non-hydrogen) atoms. The van der Waals surface area contributed by atoms with E-state index in [9.17, 15) is 14.7 Å². The van der Waals surface area contributed by atoms with Crippen LogP contribution < -0.4 is 27.0 Å². The fourth-order valence-electron chi connectivity index (χ4n) is 6.82. The molecular weight excluding hydrogens is 668 g/mol. The number of aromatic nitrogens is 4. The second kappa shape index (κ2) is 15.5. The van der Waals surface area contributed by atoms with Crippen LogP contribution in [0.4, 0.5) is 11.7 Å². The number of aromatic amines is 1. The van der Waals surface area contributed by atoms with Crippen molar-refractivity contribution in [1.82, 2.24) is 30.2 Å². The van der Waals surface area contributed by atoms with Gasteiger partial charge in [-0.15, -0.1) is 5.10 Å². The van der Waals surface area contributed by atoms with Gasteiger partial charge in [-0.3, -0.25) is 19.6 Å². The number of fused-ring (bicyclic) bond motifs is 1. The van der Waals surface area contributed by atoms with Gasteiger partial charge >= 0.3 is 6.01 Å². The normalized spacial score (nSPS) is 18.2. The van der Waals surface area contributed by atoms with Gasteiger partial charge in [0.1, 0.15) is 19.0 Å². The van der Waals surface area contributed by atoms with E-state index in [1.54, 1.807) is 6.07 Å². The monoisotopic (exact) mass is 710 g/mol. The third kappa shape index (κ3) is 7.75. The maximum Gasteiger partial charge on any atom is 0.316 e. The number of benzene rings is 3. The predicted molar refractivity (Wildman–Crippen MR) is 193 cm³/mol. The minimum atomic E-state index is -1.62. The molecule has 0 bridgehead atoms. The number of nitrogens with one attached hydrogen (secondary N) is 3. The van der Waals surface area contributed by atoms with Gasteiger partial charge in [0, 0.05) is 48.4 Å². The van der Waals surface area contributed by atoms with Crippen LogP contribution in [0.15, 0.2) is 71.1 Å². The summed E-state index contributed by atoms with van der Waals surface area (Å²) in [4.78, 5) is 34.9. The number of hydrogen-bond donors (Lipinski definition) is 6. The highest BCUT2D eigenvalue weighted by Gasteiger charge is 2.43. The van der Waals surface area contributed by atoms with Crippen molar-refractivity contribution in [2.75, 3.05) is 63.2 Å². The van der Waals surface area contributed by atoms with Gasteiger partial charge in [0.15, 0.2) is 5.60 Å². The number of piperidine rings is 1. The summed E-state index contributed by atoms with van der Waals surface area (Å²) in [5, 5.41) is 33.3. The molecule has 0 aliphatic carbocycles. The number of aliphatic hydroxyl groups is 1. The van der Waals surface area contributed by atoms with E-state index in [1.807, 2.05) is 58.3 Å². The zero-order chi connectivity index (χ0) is 36.1. The number of carbonyl (C=O) groups is 2. The first-order valence-electron chi connectivity index (χ1n) is 17.3. The molecule has 5 aromatic rings. The van der Waals surface area contributed by atoms with Gasteiger partial charge in [-0.05, 0) is 85.3 Å². The maximum absolute atomic E-state index is 13.4. The Bertz CT molecular complexity index is 1990. The minimum Gasteiger partial charge on any atom is -0.491 e. The average Bonchev–Trinajstić information content (AvgIpc) is 3.91. The largest absolute Gasteiger partial charge is 0.491 e. The van der Waals surface area contributed by atoms with E-state index in [-0.39, 0.29) is 44.7 Å². The number of nitrogens with zero attached hydrogens (tertiary/aromatic N) is 5. The van der Waals surface area contributed by atoms with Crippen molar-refractivity contribution in [2.45, 2.75) is 30.8 Å². The van der Waals surface area contributed by atoms with E-state index in [0.29, 0.717) is 55.2 Å². The van der Waals surface area contributed by atoms with E-state index in [2.05, 4.69) is 48.0 Å². The Morgan fingerprint density at radius 3 is 2.52 bits per heavy atom. The Kier molecular flexibility index (Phi) is 10.4. The second-order valence-electron chi connectivity index (χ2n) is 13.1. The first kappa shape index (κ1) is 35.0. The molecule has 0 radical (unpaired) electrons. The molecular formula is C36H42N10O6. The SMILES string of the molecule is NCNc1nnc(-c2ccc(C3CCN(C(=O)CN4CC[C@@](O)(C(=O)Nc5ccc6[nH]nc(-c7ccc(OCCON)cc7)c6c5)C4)CC3)cc2)o1. The van der Waals surface area contributed by atoms with Crippen LogP contribution in [0.3, 0.4) is 0 Å². The number of anilines is 2. The first-order valence-corrected chi connectivity index (χ1v) is 17.3. The lowest BCUT2D eigenvalue weighted by Crippen LogP contribution is -2.47. The Morgan fingerprint density at radius 2 is 1.77 bits per heavy atom. The van der Waals surface area contributed by atoms with E-state index in [4.69, 9.17) is 20.8 Å². The Labute approximate surface area is 299 Å². The lowest BCUT2D eigenvalue weighted by Gasteiger charge is -2.33. The summed E-state index contributed by atoms with van der Waals surface area (Å²) in [7, 11) is 0. The number of H-pyrrole nitrogens is 1. The zero-order valence-corrected chi connectivity index (χ0v) is 28.6. The van der Waals surface area contributed by atoms with Crippen LogP contribution in [0.25, 0.3) is 33.6 Å². The van der Waals surface area contributed by atoms with Gasteiger partial charge in [-0.2, -0.15) is 5.10 Å². The van der Waals surface area contributed by atoms with Crippen molar-refractivity contribution in [2.24, 2.45) is 11.6 Å². The number of likely N-dealkylation sites (tertiary alicyclic amines) is 2. The molecule has 272 valence electrons. The summed E-state index contributed by atoms with van der Waals surface area (Å²) >= 11 is 0. The highest BCUT2D eigenvalue weighted by molar-refractivity contribution is 6.01. The Hall–Kier alpha value is -5.39. The first-order chi connectivity index (χ1) is 25.3. The topological polar surface area (TPSA) is 223 Å². The van der Waals surface area contributed by atoms with Crippen LogP contribution in [0.5, 0.6) is 5.75 Å². The fourth-order valence-corrected chi connectivity index (χ4v) is 6.82.